The number of furan rings is 1. The summed E-state index contributed by atoms with van der Waals surface area (Å²) in [4.78, 5) is 18.0. The summed E-state index contributed by atoms with van der Waals surface area (Å²) in [5.41, 5.74) is 2.62. The van der Waals surface area contributed by atoms with Gasteiger partial charge in [-0.2, -0.15) is 0 Å². The zero-order chi connectivity index (χ0) is 17.7. The molecular weight excluding hydrogens is 459 g/mol. The monoisotopic (exact) mass is 470 g/mol. The first kappa shape index (κ1) is 15.8. The van der Waals surface area contributed by atoms with Crippen molar-refractivity contribution in [3.05, 3.63) is 84.9 Å². The first-order valence-corrected chi connectivity index (χ1v) is 9.86. The molecule has 5 rings (SSSR count). The first-order chi connectivity index (χ1) is 12.7. The molecule has 0 amide bonds. The Balaban J connectivity index is 1.62. The molecule has 0 aliphatic carbocycles. The van der Waals surface area contributed by atoms with Gasteiger partial charge in [0.25, 0.3) is 5.56 Å². The Bertz CT molecular complexity index is 1360. The van der Waals surface area contributed by atoms with Gasteiger partial charge in [-0.3, -0.25) is 4.79 Å². The number of thiazole rings is 1. The summed E-state index contributed by atoms with van der Waals surface area (Å²) in [5, 5.41) is 0. The number of nitrogens with zero attached hydrogens (tertiary/aromatic N) is 2. The predicted octanol–water partition coefficient (Wildman–Crippen LogP) is 4.32. The highest BCUT2D eigenvalue weighted by molar-refractivity contribution is 14.1. The van der Waals surface area contributed by atoms with Crippen LogP contribution in [-0.4, -0.2) is 9.38 Å². The maximum Gasteiger partial charge on any atom is 0.275 e. The highest BCUT2D eigenvalue weighted by Gasteiger charge is 2.11. The van der Waals surface area contributed by atoms with Crippen LogP contribution in [0.1, 0.15) is 5.76 Å². The third-order valence-electron chi connectivity index (χ3n) is 4.17. The lowest BCUT2D eigenvalue weighted by molar-refractivity contribution is 0.571. The molecule has 2 aromatic carbocycles. The van der Waals surface area contributed by atoms with E-state index in [0.29, 0.717) is 15.3 Å². The Kier molecular flexibility index (Phi) is 3.68. The minimum absolute atomic E-state index is 0.0640. The van der Waals surface area contributed by atoms with Crippen molar-refractivity contribution in [2.75, 3.05) is 0 Å². The van der Waals surface area contributed by atoms with Gasteiger partial charge < -0.3 is 4.42 Å². The topological polar surface area (TPSA) is 47.5 Å². The van der Waals surface area contributed by atoms with Gasteiger partial charge in [-0.05, 0) is 59.0 Å². The summed E-state index contributed by atoms with van der Waals surface area (Å²) in [7, 11) is 0. The van der Waals surface area contributed by atoms with Gasteiger partial charge in [-0.1, -0.05) is 35.6 Å². The number of halogens is 1. The molecule has 3 aromatic heterocycles. The molecule has 0 saturated heterocycles. The van der Waals surface area contributed by atoms with Gasteiger partial charge in [0.15, 0.2) is 4.96 Å². The van der Waals surface area contributed by atoms with E-state index in [-0.39, 0.29) is 5.56 Å². The highest BCUT2D eigenvalue weighted by atomic mass is 127. The first-order valence-electron chi connectivity index (χ1n) is 7.96. The van der Waals surface area contributed by atoms with Crippen molar-refractivity contribution in [3.8, 4) is 11.3 Å². The second-order valence-electron chi connectivity index (χ2n) is 5.84. The van der Waals surface area contributed by atoms with Crippen molar-refractivity contribution in [2.24, 2.45) is 0 Å². The van der Waals surface area contributed by atoms with Crippen LogP contribution in [0.25, 0.3) is 33.4 Å². The van der Waals surface area contributed by atoms with Crippen molar-refractivity contribution in [2.45, 2.75) is 0 Å². The molecule has 0 saturated carbocycles. The standard InChI is InChI=1S/C20H11IN2O2S/c21-13-7-5-12(6-8-13)17-10-9-14(25-17)11-18-19(24)23-16-4-2-1-3-15(16)22-20(23)26-18/h1-11H. The zero-order valence-corrected chi connectivity index (χ0v) is 16.3. The van der Waals surface area contributed by atoms with Crippen LogP contribution in [0, 0.1) is 3.57 Å². The molecule has 0 bridgehead atoms. The molecule has 0 N–H and O–H groups in total. The molecule has 0 spiro atoms. The lowest BCUT2D eigenvalue weighted by Gasteiger charge is -1.96. The fraction of sp³-hybridized carbons (Fsp3) is 0. The molecule has 5 aromatic rings. The van der Waals surface area contributed by atoms with Crippen LogP contribution in [0.4, 0.5) is 0 Å². The van der Waals surface area contributed by atoms with Crippen LogP contribution in [0.5, 0.6) is 0 Å². The number of benzene rings is 2. The fourth-order valence-corrected chi connectivity index (χ4v) is 4.27. The maximum absolute atomic E-state index is 12.8. The minimum Gasteiger partial charge on any atom is -0.457 e. The molecule has 6 heteroatoms. The van der Waals surface area contributed by atoms with E-state index in [1.165, 1.54) is 14.9 Å². The van der Waals surface area contributed by atoms with Crippen molar-refractivity contribution < 1.29 is 4.42 Å². The van der Waals surface area contributed by atoms with E-state index in [1.807, 2.05) is 60.7 Å². The number of para-hydroxylation sites is 2. The number of aromatic nitrogens is 2. The fourth-order valence-electron chi connectivity index (χ4n) is 2.94. The van der Waals surface area contributed by atoms with Gasteiger partial charge in [0, 0.05) is 15.2 Å². The van der Waals surface area contributed by atoms with Gasteiger partial charge in [-0.15, -0.1) is 0 Å². The van der Waals surface area contributed by atoms with E-state index >= 15 is 0 Å². The summed E-state index contributed by atoms with van der Waals surface area (Å²) in [6, 6.07) is 19.6. The molecule has 0 unspecified atom stereocenters. The van der Waals surface area contributed by atoms with E-state index in [0.717, 1.165) is 22.4 Å². The highest BCUT2D eigenvalue weighted by Crippen LogP contribution is 2.23. The minimum atomic E-state index is -0.0640. The summed E-state index contributed by atoms with van der Waals surface area (Å²) in [6.45, 7) is 0. The van der Waals surface area contributed by atoms with Crippen molar-refractivity contribution in [1.82, 2.24) is 9.38 Å². The Morgan fingerprint density at radius 3 is 2.69 bits per heavy atom. The van der Waals surface area contributed by atoms with E-state index in [1.54, 1.807) is 10.5 Å². The SMILES string of the molecule is O=c1c(=Cc2ccc(-c3ccc(I)cc3)o2)sc2nc3ccccc3n12. The molecule has 0 aliphatic heterocycles. The van der Waals surface area contributed by atoms with E-state index in [2.05, 4.69) is 27.6 Å². The lowest BCUT2D eigenvalue weighted by atomic mass is 10.2. The van der Waals surface area contributed by atoms with Gasteiger partial charge in [-0.25, -0.2) is 9.38 Å². The summed E-state index contributed by atoms with van der Waals surface area (Å²) in [6.07, 6.45) is 1.78. The summed E-state index contributed by atoms with van der Waals surface area (Å²) in [5.74, 6) is 1.44. The second kappa shape index (κ2) is 6.07. The van der Waals surface area contributed by atoms with Crippen molar-refractivity contribution >= 4 is 56.0 Å². The van der Waals surface area contributed by atoms with Gasteiger partial charge in [0.1, 0.15) is 16.1 Å². The van der Waals surface area contributed by atoms with Gasteiger partial charge >= 0.3 is 0 Å². The second-order valence-corrected chi connectivity index (χ2v) is 8.10. The van der Waals surface area contributed by atoms with Crippen LogP contribution in [0.15, 0.2) is 69.9 Å². The van der Waals surface area contributed by atoms with Crippen molar-refractivity contribution in [1.29, 1.82) is 0 Å². The van der Waals surface area contributed by atoms with Crippen LogP contribution in [0.2, 0.25) is 0 Å². The summed E-state index contributed by atoms with van der Waals surface area (Å²) >= 11 is 3.65. The van der Waals surface area contributed by atoms with E-state index in [4.69, 9.17) is 4.42 Å². The Morgan fingerprint density at radius 1 is 1.04 bits per heavy atom. The predicted molar refractivity (Wildman–Crippen MR) is 112 cm³/mol. The molecule has 126 valence electrons. The van der Waals surface area contributed by atoms with Crippen LogP contribution in [-0.2, 0) is 0 Å². The van der Waals surface area contributed by atoms with Crippen molar-refractivity contribution in [3.63, 3.8) is 0 Å². The molecule has 3 heterocycles. The quantitative estimate of drug-likeness (QED) is 0.361. The Hall–Kier alpha value is -2.45. The molecule has 0 aliphatic rings. The van der Waals surface area contributed by atoms with Crippen LogP contribution in [0.3, 0.4) is 0 Å². The average Bonchev–Trinajstić information content (AvgIpc) is 3.32. The van der Waals surface area contributed by atoms with E-state index < -0.39 is 0 Å². The van der Waals surface area contributed by atoms with Crippen LogP contribution >= 0.6 is 33.9 Å². The van der Waals surface area contributed by atoms with E-state index in [9.17, 15) is 4.79 Å². The Labute approximate surface area is 165 Å². The zero-order valence-electron chi connectivity index (χ0n) is 13.3. The smallest absolute Gasteiger partial charge is 0.275 e. The number of hydrogen-bond acceptors (Lipinski definition) is 4. The Morgan fingerprint density at radius 2 is 1.85 bits per heavy atom. The summed E-state index contributed by atoms with van der Waals surface area (Å²) < 4.78 is 9.36. The number of rotatable bonds is 2. The third-order valence-corrected chi connectivity index (χ3v) is 5.86. The van der Waals surface area contributed by atoms with Gasteiger partial charge in [0.05, 0.1) is 11.0 Å². The molecule has 4 nitrogen and oxygen atoms in total. The number of fused-ring (bicyclic) bond motifs is 3. The lowest BCUT2D eigenvalue weighted by Crippen LogP contribution is -2.22. The average molecular weight is 470 g/mol. The third kappa shape index (κ3) is 2.57. The normalized spacial score (nSPS) is 12.4. The number of hydrogen-bond donors (Lipinski definition) is 0. The molecule has 26 heavy (non-hydrogen) atoms. The van der Waals surface area contributed by atoms with Gasteiger partial charge in [0.2, 0.25) is 0 Å². The number of imidazole rings is 1. The largest absolute Gasteiger partial charge is 0.457 e. The molecule has 0 fully saturated rings. The van der Waals surface area contributed by atoms with Crippen LogP contribution < -0.4 is 10.1 Å². The maximum atomic E-state index is 12.8. The molecular formula is C20H11IN2O2S. The molecule has 0 radical (unpaired) electrons. The molecule has 0 atom stereocenters.